The van der Waals surface area contributed by atoms with E-state index in [2.05, 4.69) is 5.32 Å². The predicted molar refractivity (Wildman–Crippen MR) is 107 cm³/mol. The van der Waals surface area contributed by atoms with Crippen LogP contribution in [0.4, 0.5) is 5.69 Å². The number of halogens is 2. The summed E-state index contributed by atoms with van der Waals surface area (Å²) in [7, 11) is -3.90. The van der Waals surface area contributed by atoms with Crippen LogP contribution in [0.1, 0.15) is 12.5 Å². The van der Waals surface area contributed by atoms with Gasteiger partial charge < -0.3 is 10.1 Å². The topological polar surface area (TPSA) is 116 Å². The van der Waals surface area contributed by atoms with Crippen LogP contribution in [0.2, 0.25) is 10.0 Å². The van der Waals surface area contributed by atoms with E-state index in [1.54, 1.807) is 18.2 Å². The smallest absolute Gasteiger partial charge is 0.331 e. The number of ether oxygens (including phenoxy) is 1. The Kier molecular flexibility index (Phi) is 7.20. The Balaban J connectivity index is 1.97. The highest BCUT2D eigenvalue weighted by atomic mass is 35.5. The maximum Gasteiger partial charge on any atom is 0.331 e. The SMILES string of the molecule is CC(OC(=O)/C=C/c1ccc(Cl)c(Cl)c1)C(=O)Nc1cccc(S(N)(=O)=O)c1. The molecule has 7 nitrogen and oxygen atoms in total. The van der Waals surface area contributed by atoms with Crippen LogP contribution >= 0.6 is 23.2 Å². The van der Waals surface area contributed by atoms with Gasteiger partial charge in [-0.05, 0) is 48.9 Å². The maximum absolute atomic E-state index is 12.1. The summed E-state index contributed by atoms with van der Waals surface area (Å²) in [4.78, 5) is 23.9. The fraction of sp³-hybridized carbons (Fsp3) is 0.111. The summed E-state index contributed by atoms with van der Waals surface area (Å²) >= 11 is 11.7. The Hall–Kier alpha value is -2.39. The lowest BCUT2D eigenvalue weighted by molar-refractivity contribution is -0.148. The Morgan fingerprint density at radius 1 is 1.14 bits per heavy atom. The van der Waals surface area contributed by atoms with Crippen molar-refractivity contribution in [2.45, 2.75) is 17.9 Å². The normalized spacial score (nSPS) is 12.6. The van der Waals surface area contributed by atoms with Gasteiger partial charge in [0.2, 0.25) is 10.0 Å². The predicted octanol–water partition coefficient (Wildman–Crippen LogP) is 3.22. The third kappa shape index (κ3) is 6.35. The maximum atomic E-state index is 12.1. The zero-order chi connectivity index (χ0) is 20.9. The Morgan fingerprint density at radius 2 is 1.86 bits per heavy atom. The summed E-state index contributed by atoms with van der Waals surface area (Å²) < 4.78 is 27.7. The van der Waals surface area contributed by atoms with Crippen molar-refractivity contribution >= 4 is 56.9 Å². The van der Waals surface area contributed by atoms with Crippen molar-refractivity contribution in [1.82, 2.24) is 0 Å². The Morgan fingerprint density at radius 3 is 2.50 bits per heavy atom. The number of rotatable bonds is 6. The Labute approximate surface area is 172 Å². The van der Waals surface area contributed by atoms with Crippen LogP contribution in [-0.4, -0.2) is 26.4 Å². The zero-order valence-electron chi connectivity index (χ0n) is 14.6. The second kappa shape index (κ2) is 9.20. The van der Waals surface area contributed by atoms with Crippen molar-refractivity contribution < 1.29 is 22.7 Å². The molecule has 0 fully saturated rings. The second-order valence-corrected chi connectivity index (χ2v) is 8.02. The molecule has 2 aromatic rings. The van der Waals surface area contributed by atoms with Gasteiger partial charge in [-0.1, -0.05) is 35.3 Å². The first kappa shape index (κ1) is 21.9. The van der Waals surface area contributed by atoms with Crippen LogP contribution in [0.15, 0.2) is 53.4 Å². The fourth-order valence-corrected chi connectivity index (χ4v) is 2.91. The van der Waals surface area contributed by atoms with E-state index in [9.17, 15) is 18.0 Å². The van der Waals surface area contributed by atoms with Crippen LogP contribution in [0.3, 0.4) is 0 Å². The molecule has 2 rings (SSSR count). The lowest BCUT2D eigenvalue weighted by Gasteiger charge is -2.12. The largest absolute Gasteiger partial charge is 0.449 e. The van der Waals surface area contributed by atoms with Crippen LogP contribution in [-0.2, 0) is 24.3 Å². The monoisotopic (exact) mass is 442 g/mol. The van der Waals surface area contributed by atoms with E-state index in [0.717, 1.165) is 6.08 Å². The van der Waals surface area contributed by atoms with Gasteiger partial charge in [0.1, 0.15) is 0 Å². The highest BCUT2D eigenvalue weighted by Crippen LogP contribution is 2.23. The van der Waals surface area contributed by atoms with Crippen molar-refractivity contribution in [1.29, 1.82) is 0 Å². The second-order valence-electron chi connectivity index (χ2n) is 5.65. The number of benzene rings is 2. The molecular formula is C18H16Cl2N2O5S. The summed E-state index contributed by atoms with van der Waals surface area (Å²) in [6.45, 7) is 1.38. The molecule has 2 aromatic carbocycles. The van der Waals surface area contributed by atoms with Crippen LogP contribution in [0.5, 0.6) is 0 Å². The van der Waals surface area contributed by atoms with Crippen molar-refractivity contribution in [3.8, 4) is 0 Å². The van der Waals surface area contributed by atoms with E-state index in [4.69, 9.17) is 33.1 Å². The molecular weight excluding hydrogens is 427 g/mol. The van der Waals surface area contributed by atoms with Gasteiger partial charge in [0.15, 0.2) is 6.10 Å². The summed E-state index contributed by atoms with van der Waals surface area (Å²) in [6.07, 6.45) is 1.49. The third-order valence-corrected chi connectivity index (χ3v) is 5.10. The standard InChI is InChI=1S/C18H16Cl2N2O5S/c1-11(18(24)22-13-3-2-4-14(10-13)28(21,25)26)27-17(23)8-6-12-5-7-15(19)16(20)9-12/h2-11H,1H3,(H,22,24)(H2,21,25,26)/b8-6+. The molecule has 1 unspecified atom stereocenters. The summed E-state index contributed by atoms with van der Waals surface area (Å²) in [6, 6.07) is 10.2. The lowest BCUT2D eigenvalue weighted by Crippen LogP contribution is -2.29. The molecule has 0 aliphatic heterocycles. The molecule has 0 saturated carbocycles. The summed E-state index contributed by atoms with van der Waals surface area (Å²) in [5.41, 5.74) is 0.828. The van der Waals surface area contributed by atoms with Crippen LogP contribution in [0, 0.1) is 0 Å². The minimum Gasteiger partial charge on any atom is -0.449 e. The molecule has 10 heteroatoms. The number of amides is 1. The molecule has 0 aliphatic carbocycles. The van der Waals surface area contributed by atoms with Crippen molar-refractivity contribution in [3.05, 3.63) is 64.1 Å². The first-order valence-corrected chi connectivity index (χ1v) is 10.1. The number of nitrogens with two attached hydrogens (primary N) is 1. The third-order valence-electron chi connectivity index (χ3n) is 3.45. The first-order chi connectivity index (χ1) is 13.1. The van der Waals surface area contributed by atoms with E-state index in [0.29, 0.717) is 15.6 Å². The van der Waals surface area contributed by atoms with Crippen molar-refractivity contribution in [3.63, 3.8) is 0 Å². The molecule has 148 valence electrons. The zero-order valence-corrected chi connectivity index (χ0v) is 16.9. The highest BCUT2D eigenvalue weighted by molar-refractivity contribution is 7.89. The average Bonchev–Trinajstić information content (AvgIpc) is 2.62. The number of anilines is 1. The van der Waals surface area contributed by atoms with E-state index in [1.807, 2.05) is 0 Å². The van der Waals surface area contributed by atoms with Crippen LogP contribution in [0.25, 0.3) is 6.08 Å². The Bertz CT molecular complexity index is 1040. The number of hydrogen-bond acceptors (Lipinski definition) is 5. The lowest BCUT2D eigenvalue weighted by atomic mass is 10.2. The van der Waals surface area contributed by atoms with Crippen molar-refractivity contribution in [2.24, 2.45) is 5.14 Å². The number of nitrogens with one attached hydrogen (secondary N) is 1. The molecule has 1 amide bonds. The molecule has 0 bridgehead atoms. The minimum absolute atomic E-state index is 0.153. The average molecular weight is 443 g/mol. The summed E-state index contributed by atoms with van der Waals surface area (Å²) in [5.74, 6) is -1.38. The van der Waals surface area contributed by atoms with Gasteiger partial charge >= 0.3 is 5.97 Å². The van der Waals surface area contributed by atoms with Gasteiger partial charge in [-0.15, -0.1) is 0 Å². The molecule has 0 heterocycles. The van der Waals surface area contributed by atoms with Gasteiger partial charge in [0, 0.05) is 11.8 Å². The molecule has 3 N–H and O–H groups in total. The van der Waals surface area contributed by atoms with Crippen molar-refractivity contribution in [2.75, 3.05) is 5.32 Å². The molecule has 0 radical (unpaired) electrons. The number of carbonyl (C=O) groups excluding carboxylic acids is 2. The van der Waals surface area contributed by atoms with Gasteiger partial charge in [-0.25, -0.2) is 18.4 Å². The van der Waals surface area contributed by atoms with E-state index in [1.165, 1.54) is 37.3 Å². The molecule has 28 heavy (non-hydrogen) atoms. The number of sulfonamides is 1. The van der Waals surface area contributed by atoms with E-state index >= 15 is 0 Å². The number of hydrogen-bond donors (Lipinski definition) is 2. The van der Waals surface area contributed by atoms with Gasteiger partial charge in [-0.2, -0.15) is 0 Å². The molecule has 0 aliphatic rings. The number of carbonyl (C=O) groups is 2. The van der Waals surface area contributed by atoms with Crippen LogP contribution < -0.4 is 10.5 Å². The van der Waals surface area contributed by atoms with Gasteiger partial charge in [0.25, 0.3) is 5.91 Å². The number of esters is 1. The molecule has 0 aromatic heterocycles. The number of primary sulfonamides is 1. The molecule has 0 saturated heterocycles. The van der Waals surface area contributed by atoms with Gasteiger partial charge in [0.05, 0.1) is 14.9 Å². The first-order valence-electron chi connectivity index (χ1n) is 7.84. The fourth-order valence-electron chi connectivity index (χ4n) is 2.04. The quantitative estimate of drug-likeness (QED) is 0.526. The molecule has 1 atom stereocenters. The van der Waals surface area contributed by atoms with E-state index < -0.39 is 28.0 Å². The summed E-state index contributed by atoms with van der Waals surface area (Å²) in [5, 5.41) is 8.23. The highest BCUT2D eigenvalue weighted by Gasteiger charge is 2.17. The molecule has 0 spiro atoms. The van der Waals surface area contributed by atoms with E-state index in [-0.39, 0.29) is 10.6 Å². The minimum atomic E-state index is -3.90. The van der Waals surface area contributed by atoms with Gasteiger partial charge in [-0.3, -0.25) is 4.79 Å².